The Hall–Kier alpha value is -1.36. The van der Waals surface area contributed by atoms with Gasteiger partial charge in [-0.15, -0.1) is 0 Å². The van der Waals surface area contributed by atoms with Gasteiger partial charge < -0.3 is 10.8 Å². The van der Waals surface area contributed by atoms with Crippen molar-refractivity contribution >= 4 is 5.97 Å². The normalized spacial score (nSPS) is 13.8. The highest BCUT2D eigenvalue weighted by Gasteiger charge is 2.24. The third-order valence-corrected chi connectivity index (χ3v) is 2.75. The Kier molecular flexibility index (Phi) is 3.62. The van der Waals surface area contributed by atoms with Crippen LogP contribution in [-0.2, 0) is 10.3 Å². The smallest absolute Gasteiger partial charge is 0.305 e. The Balaban J connectivity index is 3.18. The van der Waals surface area contributed by atoms with Gasteiger partial charge in [-0.2, -0.15) is 5.10 Å². The number of hydrogen-bond acceptors (Lipinski definition) is 3. The number of carboxylic acid groups (broad SMARTS) is 1. The van der Waals surface area contributed by atoms with E-state index in [1.54, 1.807) is 0 Å². The molecule has 0 saturated heterocycles. The van der Waals surface area contributed by atoms with Crippen molar-refractivity contribution in [1.29, 1.82) is 0 Å². The molecule has 5 heteroatoms. The number of nitrogens with zero attached hydrogens (tertiary/aromatic N) is 2. The van der Waals surface area contributed by atoms with Crippen LogP contribution in [0.3, 0.4) is 0 Å². The lowest BCUT2D eigenvalue weighted by Gasteiger charge is -2.22. The fourth-order valence-corrected chi connectivity index (χ4v) is 2.13. The molecule has 1 aromatic rings. The van der Waals surface area contributed by atoms with E-state index in [-0.39, 0.29) is 12.0 Å². The van der Waals surface area contributed by atoms with Crippen LogP contribution >= 0.6 is 0 Å². The molecule has 0 aliphatic heterocycles. The molecule has 3 N–H and O–H groups in total. The van der Waals surface area contributed by atoms with E-state index in [2.05, 4.69) is 25.9 Å². The van der Waals surface area contributed by atoms with Crippen molar-refractivity contribution in [1.82, 2.24) is 9.78 Å². The van der Waals surface area contributed by atoms with Gasteiger partial charge in [0.25, 0.3) is 0 Å². The minimum Gasteiger partial charge on any atom is -0.481 e. The number of aliphatic carboxylic acids is 1. The zero-order valence-corrected chi connectivity index (χ0v) is 11.1. The van der Waals surface area contributed by atoms with Gasteiger partial charge >= 0.3 is 5.97 Å². The molecule has 17 heavy (non-hydrogen) atoms. The van der Waals surface area contributed by atoms with Crippen molar-refractivity contribution in [3.8, 4) is 0 Å². The zero-order valence-electron chi connectivity index (χ0n) is 11.1. The van der Waals surface area contributed by atoms with Crippen molar-refractivity contribution in [2.24, 2.45) is 5.73 Å². The van der Waals surface area contributed by atoms with E-state index in [4.69, 9.17) is 10.8 Å². The van der Waals surface area contributed by atoms with Crippen LogP contribution in [0.4, 0.5) is 0 Å². The van der Waals surface area contributed by atoms with E-state index >= 15 is 0 Å². The van der Waals surface area contributed by atoms with Gasteiger partial charge in [-0.3, -0.25) is 9.48 Å². The Bertz CT molecular complexity index is 430. The molecule has 1 heterocycles. The number of hydrogen-bond donors (Lipinski definition) is 2. The Labute approximate surface area is 102 Å². The molecule has 0 aliphatic rings. The molecule has 1 atom stereocenters. The van der Waals surface area contributed by atoms with Gasteiger partial charge in [0.05, 0.1) is 17.7 Å². The monoisotopic (exact) mass is 239 g/mol. The molecule has 0 aliphatic carbocycles. The summed E-state index contributed by atoms with van der Waals surface area (Å²) in [6.07, 6.45) is -0.0719. The first-order chi connectivity index (χ1) is 7.64. The average molecular weight is 239 g/mol. The first-order valence-corrected chi connectivity index (χ1v) is 5.68. The topological polar surface area (TPSA) is 81.1 Å². The van der Waals surface area contributed by atoms with E-state index in [0.29, 0.717) is 0 Å². The van der Waals surface area contributed by atoms with Crippen LogP contribution in [-0.4, -0.2) is 20.9 Å². The van der Waals surface area contributed by atoms with Crippen molar-refractivity contribution in [2.75, 3.05) is 0 Å². The molecule has 0 fully saturated rings. The molecule has 1 rings (SSSR count). The van der Waals surface area contributed by atoms with Crippen molar-refractivity contribution in [3.05, 3.63) is 17.0 Å². The number of carbonyl (C=O) groups is 1. The minimum absolute atomic E-state index is 0.0719. The summed E-state index contributed by atoms with van der Waals surface area (Å²) in [7, 11) is 0. The standard InChI is InChI=1S/C12H21N3O2/c1-7-11(9(13)6-10(16)17)8(2)15(14-7)12(3,4)5/h9H,6,13H2,1-5H3,(H,16,17). The summed E-state index contributed by atoms with van der Waals surface area (Å²) in [5.74, 6) is -0.889. The number of rotatable bonds is 3. The minimum atomic E-state index is -0.889. The van der Waals surface area contributed by atoms with Gasteiger partial charge in [-0.25, -0.2) is 0 Å². The summed E-state index contributed by atoms with van der Waals surface area (Å²) in [5, 5.41) is 13.2. The fraction of sp³-hybridized carbons (Fsp3) is 0.667. The maximum Gasteiger partial charge on any atom is 0.305 e. The van der Waals surface area contributed by atoms with Gasteiger partial charge in [0.1, 0.15) is 0 Å². The van der Waals surface area contributed by atoms with Gasteiger partial charge in [-0.1, -0.05) is 0 Å². The summed E-state index contributed by atoms with van der Waals surface area (Å²) in [6, 6.07) is -0.497. The molecular formula is C12H21N3O2. The maximum absolute atomic E-state index is 10.7. The van der Waals surface area contributed by atoms with Gasteiger partial charge in [0, 0.05) is 17.3 Å². The van der Waals surface area contributed by atoms with E-state index in [1.807, 2.05) is 18.5 Å². The maximum atomic E-state index is 10.7. The van der Waals surface area contributed by atoms with Gasteiger partial charge in [0.2, 0.25) is 0 Å². The lowest BCUT2D eigenvalue weighted by atomic mass is 10.0. The SMILES string of the molecule is Cc1nn(C(C)(C)C)c(C)c1C(N)CC(=O)O. The quantitative estimate of drug-likeness (QED) is 0.841. The second-order valence-electron chi connectivity index (χ2n) is 5.37. The Morgan fingerprint density at radius 1 is 1.47 bits per heavy atom. The van der Waals surface area contributed by atoms with Gasteiger partial charge in [-0.05, 0) is 34.6 Å². The molecular weight excluding hydrogens is 218 g/mol. The highest BCUT2D eigenvalue weighted by atomic mass is 16.4. The molecule has 1 unspecified atom stereocenters. The van der Waals surface area contributed by atoms with Crippen LogP contribution in [0.25, 0.3) is 0 Å². The number of aryl methyl sites for hydroxylation is 1. The average Bonchev–Trinajstić information content (AvgIpc) is 2.39. The largest absolute Gasteiger partial charge is 0.481 e. The third-order valence-electron chi connectivity index (χ3n) is 2.75. The van der Waals surface area contributed by atoms with Gasteiger partial charge in [0.15, 0.2) is 0 Å². The van der Waals surface area contributed by atoms with Crippen molar-refractivity contribution < 1.29 is 9.90 Å². The predicted octanol–water partition coefficient (Wildman–Crippen LogP) is 1.73. The first kappa shape index (κ1) is 13.7. The molecule has 96 valence electrons. The molecule has 1 aromatic heterocycles. The second-order valence-corrected chi connectivity index (χ2v) is 5.37. The van der Waals surface area contributed by atoms with E-state index < -0.39 is 12.0 Å². The van der Waals surface area contributed by atoms with E-state index in [1.165, 1.54) is 0 Å². The van der Waals surface area contributed by atoms with Crippen molar-refractivity contribution in [2.45, 2.75) is 52.6 Å². The van der Waals surface area contributed by atoms with Crippen molar-refractivity contribution in [3.63, 3.8) is 0 Å². The van der Waals surface area contributed by atoms with E-state index in [0.717, 1.165) is 17.0 Å². The molecule has 0 saturated carbocycles. The summed E-state index contributed by atoms with van der Waals surface area (Å²) in [4.78, 5) is 10.7. The van der Waals surface area contributed by atoms with E-state index in [9.17, 15) is 4.79 Å². The summed E-state index contributed by atoms with van der Waals surface area (Å²) >= 11 is 0. The van der Waals surface area contributed by atoms with Crippen LogP contribution < -0.4 is 5.73 Å². The lowest BCUT2D eigenvalue weighted by molar-refractivity contribution is -0.137. The molecule has 0 spiro atoms. The number of aromatic nitrogens is 2. The third kappa shape index (κ3) is 2.85. The van der Waals surface area contributed by atoms with Crippen LogP contribution in [0.15, 0.2) is 0 Å². The number of carboxylic acids is 1. The fourth-order valence-electron chi connectivity index (χ4n) is 2.13. The molecule has 5 nitrogen and oxygen atoms in total. The summed E-state index contributed by atoms with van der Waals surface area (Å²) in [5.41, 5.74) is 8.40. The summed E-state index contributed by atoms with van der Waals surface area (Å²) < 4.78 is 1.90. The molecule has 0 aromatic carbocycles. The molecule has 0 bridgehead atoms. The first-order valence-electron chi connectivity index (χ1n) is 5.68. The lowest BCUT2D eigenvalue weighted by Crippen LogP contribution is -2.25. The number of nitrogens with two attached hydrogens (primary N) is 1. The summed E-state index contributed by atoms with van der Waals surface area (Å²) in [6.45, 7) is 9.96. The zero-order chi connectivity index (χ0) is 13.4. The highest BCUT2D eigenvalue weighted by molar-refractivity contribution is 5.68. The van der Waals surface area contributed by atoms with Crippen LogP contribution in [0, 0.1) is 13.8 Å². The predicted molar refractivity (Wildman–Crippen MR) is 65.9 cm³/mol. The molecule has 0 radical (unpaired) electrons. The Morgan fingerprint density at radius 3 is 2.35 bits per heavy atom. The van der Waals surface area contributed by atoms with Crippen LogP contribution in [0.5, 0.6) is 0 Å². The van der Waals surface area contributed by atoms with Crippen LogP contribution in [0.1, 0.15) is 50.2 Å². The molecule has 0 amide bonds. The Morgan fingerprint density at radius 2 is 2.00 bits per heavy atom. The highest BCUT2D eigenvalue weighted by Crippen LogP contribution is 2.26. The second kappa shape index (κ2) is 4.49. The van der Waals surface area contributed by atoms with Crippen LogP contribution in [0.2, 0.25) is 0 Å².